The molecule has 6 heteroatoms. The van der Waals surface area contributed by atoms with E-state index in [4.69, 9.17) is 10.00 Å². The SMILES string of the molecule is C[C@H]1CN(CCC(=O)Nc2sccc2C#N)[C@@H](C)CO1. The lowest BCUT2D eigenvalue weighted by atomic mass is 10.2. The molecule has 1 aliphatic heterocycles. The van der Waals surface area contributed by atoms with E-state index in [9.17, 15) is 4.79 Å². The van der Waals surface area contributed by atoms with Crippen LogP contribution in [0.1, 0.15) is 25.8 Å². The largest absolute Gasteiger partial charge is 0.376 e. The second-order valence-electron chi connectivity index (χ2n) is 5.06. The highest BCUT2D eigenvalue weighted by atomic mass is 32.1. The average molecular weight is 293 g/mol. The Labute approximate surface area is 123 Å². The molecule has 108 valence electrons. The van der Waals surface area contributed by atoms with Crippen molar-refractivity contribution in [3.63, 3.8) is 0 Å². The van der Waals surface area contributed by atoms with Gasteiger partial charge in [-0.05, 0) is 25.3 Å². The number of carbonyl (C=O) groups excluding carboxylic acids is 1. The quantitative estimate of drug-likeness (QED) is 0.923. The topological polar surface area (TPSA) is 65.4 Å². The maximum absolute atomic E-state index is 11.9. The summed E-state index contributed by atoms with van der Waals surface area (Å²) in [4.78, 5) is 14.2. The van der Waals surface area contributed by atoms with Crippen LogP contribution in [0.5, 0.6) is 0 Å². The Bertz CT molecular complexity index is 509. The van der Waals surface area contributed by atoms with Crippen molar-refractivity contribution >= 4 is 22.2 Å². The molecule has 1 fully saturated rings. The normalized spacial score (nSPS) is 23.2. The van der Waals surface area contributed by atoms with E-state index >= 15 is 0 Å². The predicted molar refractivity (Wildman–Crippen MR) is 78.7 cm³/mol. The number of morpholine rings is 1. The Morgan fingerprint density at radius 1 is 1.65 bits per heavy atom. The van der Waals surface area contributed by atoms with Gasteiger partial charge in [-0.15, -0.1) is 11.3 Å². The van der Waals surface area contributed by atoms with Crippen molar-refractivity contribution in [3.05, 3.63) is 17.0 Å². The van der Waals surface area contributed by atoms with Gasteiger partial charge < -0.3 is 10.1 Å². The minimum atomic E-state index is -0.0460. The molecule has 0 aliphatic carbocycles. The zero-order chi connectivity index (χ0) is 14.5. The predicted octanol–water partition coefficient (Wildman–Crippen LogP) is 2.06. The fourth-order valence-corrected chi connectivity index (χ4v) is 2.97. The van der Waals surface area contributed by atoms with Gasteiger partial charge in [-0.2, -0.15) is 5.26 Å². The Balaban J connectivity index is 1.82. The summed E-state index contributed by atoms with van der Waals surface area (Å²) in [5.74, 6) is -0.0460. The molecule has 2 heterocycles. The number of nitrogens with zero attached hydrogens (tertiary/aromatic N) is 2. The van der Waals surface area contributed by atoms with E-state index < -0.39 is 0 Å². The van der Waals surface area contributed by atoms with Gasteiger partial charge in [0.15, 0.2) is 0 Å². The smallest absolute Gasteiger partial charge is 0.226 e. The monoisotopic (exact) mass is 293 g/mol. The molecule has 1 N–H and O–H groups in total. The van der Waals surface area contributed by atoms with Crippen LogP contribution in [0.2, 0.25) is 0 Å². The first-order valence-electron chi connectivity index (χ1n) is 6.73. The third-order valence-corrected chi connectivity index (χ3v) is 4.23. The van der Waals surface area contributed by atoms with Crippen LogP contribution in [0.3, 0.4) is 0 Å². The highest BCUT2D eigenvalue weighted by Crippen LogP contribution is 2.22. The molecule has 0 saturated carbocycles. The molecule has 2 atom stereocenters. The number of hydrogen-bond donors (Lipinski definition) is 1. The van der Waals surface area contributed by atoms with Crippen LogP contribution in [-0.4, -0.2) is 42.6 Å². The van der Waals surface area contributed by atoms with Gasteiger partial charge in [-0.1, -0.05) is 0 Å². The molecule has 1 aromatic rings. The Morgan fingerprint density at radius 2 is 2.45 bits per heavy atom. The summed E-state index contributed by atoms with van der Waals surface area (Å²) in [6, 6.07) is 4.13. The molecule has 1 amide bonds. The number of amides is 1. The van der Waals surface area contributed by atoms with Crippen LogP contribution in [0.25, 0.3) is 0 Å². The first-order chi connectivity index (χ1) is 9.60. The summed E-state index contributed by atoms with van der Waals surface area (Å²) in [7, 11) is 0. The first-order valence-corrected chi connectivity index (χ1v) is 7.61. The zero-order valence-electron chi connectivity index (χ0n) is 11.8. The first kappa shape index (κ1) is 15.0. The second-order valence-corrected chi connectivity index (χ2v) is 5.98. The number of thiophene rings is 1. The van der Waals surface area contributed by atoms with Crippen molar-refractivity contribution in [2.75, 3.05) is 25.0 Å². The fourth-order valence-electron chi connectivity index (χ4n) is 2.21. The van der Waals surface area contributed by atoms with Gasteiger partial charge in [-0.25, -0.2) is 0 Å². The Morgan fingerprint density at radius 3 is 3.20 bits per heavy atom. The number of rotatable bonds is 4. The molecule has 5 nitrogen and oxygen atoms in total. The van der Waals surface area contributed by atoms with E-state index in [0.717, 1.165) is 6.54 Å². The van der Waals surface area contributed by atoms with E-state index in [1.165, 1.54) is 11.3 Å². The summed E-state index contributed by atoms with van der Waals surface area (Å²) in [5.41, 5.74) is 0.525. The van der Waals surface area contributed by atoms with Gasteiger partial charge in [0.2, 0.25) is 5.91 Å². The van der Waals surface area contributed by atoms with Crippen LogP contribution in [0.15, 0.2) is 11.4 Å². The summed E-state index contributed by atoms with van der Waals surface area (Å²) in [5, 5.41) is 14.2. The maximum atomic E-state index is 11.9. The summed E-state index contributed by atoms with van der Waals surface area (Å²) >= 11 is 1.38. The Kier molecular flexibility index (Phi) is 5.12. The van der Waals surface area contributed by atoms with Gasteiger partial charge in [-0.3, -0.25) is 9.69 Å². The van der Waals surface area contributed by atoms with Crippen molar-refractivity contribution in [2.45, 2.75) is 32.4 Å². The van der Waals surface area contributed by atoms with Crippen LogP contribution < -0.4 is 5.32 Å². The van der Waals surface area contributed by atoms with Crippen LogP contribution in [0.4, 0.5) is 5.00 Å². The van der Waals surface area contributed by atoms with Crippen molar-refractivity contribution in [3.8, 4) is 6.07 Å². The molecule has 0 spiro atoms. The van der Waals surface area contributed by atoms with Gasteiger partial charge in [0.1, 0.15) is 11.1 Å². The second kappa shape index (κ2) is 6.84. The van der Waals surface area contributed by atoms with E-state index in [2.05, 4.69) is 23.2 Å². The number of nitrogens with one attached hydrogen (secondary N) is 1. The zero-order valence-corrected chi connectivity index (χ0v) is 12.6. The highest BCUT2D eigenvalue weighted by Gasteiger charge is 2.23. The summed E-state index contributed by atoms with van der Waals surface area (Å²) in [6.07, 6.45) is 0.650. The van der Waals surface area contributed by atoms with Gasteiger partial charge >= 0.3 is 0 Å². The third kappa shape index (κ3) is 3.79. The number of carbonyl (C=O) groups is 1. The van der Waals surface area contributed by atoms with Crippen molar-refractivity contribution < 1.29 is 9.53 Å². The number of hydrogen-bond acceptors (Lipinski definition) is 5. The van der Waals surface area contributed by atoms with E-state index in [-0.39, 0.29) is 12.0 Å². The molecule has 0 aromatic carbocycles. The minimum absolute atomic E-state index is 0.0460. The molecule has 0 radical (unpaired) electrons. The van der Waals surface area contributed by atoms with Crippen molar-refractivity contribution in [1.82, 2.24) is 4.90 Å². The van der Waals surface area contributed by atoms with Gasteiger partial charge in [0.05, 0.1) is 18.3 Å². The van der Waals surface area contributed by atoms with Crippen molar-refractivity contribution in [1.29, 1.82) is 5.26 Å². The molecule has 1 saturated heterocycles. The van der Waals surface area contributed by atoms with Crippen LogP contribution >= 0.6 is 11.3 Å². The van der Waals surface area contributed by atoms with Gasteiger partial charge in [0, 0.05) is 25.6 Å². The Hall–Kier alpha value is -1.42. The summed E-state index contributed by atoms with van der Waals surface area (Å²) in [6.45, 7) is 6.44. The molecule has 1 aliphatic rings. The van der Waals surface area contributed by atoms with E-state index in [1.807, 2.05) is 6.92 Å². The van der Waals surface area contributed by atoms with Gasteiger partial charge in [0.25, 0.3) is 0 Å². The fraction of sp³-hybridized carbons (Fsp3) is 0.571. The maximum Gasteiger partial charge on any atom is 0.226 e. The molecule has 0 bridgehead atoms. The van der Waals surface area contributed by atoms with Crippen LogP contribution in [-0.2, 0) is 9.53 Å². The molecular formula is C14H19N3O2S. The van der Waals surface area contributed by atoms with E-state index in [1.54, 1.807) is 11.4 Å². The molecular weight excluding hydrogens is 274 g/mol. The molecule has 2 rings (SSSR count). The minimum Gasteiger partial charge on any atom is -0.376 e. The van der Waals surface area contributed by atoms with Crippen LogP contribution in [0, 0.1) is 11.3 Å². The standard InChI is InChI=1S/C14H19N3O2S/c1-10-9-19-11(2)8-17(10)5-3-13(18)16-14-12(7-15)4-6-20-14/h4,6,10-11H,3,5,8-9H2,1-2H3,(H,16,18)/t10-,11-/m0/s1. The number of ether oxygens (including phenoxy) is 1. The third-order valence-electron chi connectivity index (χ3n) is 3.40. The number of nitriles is 1. The number of anilines is 1. The average Bonchev–Trinajstić information content (AvgIpc) is 2.87. The van der Waals surface area contributed by atoms with E-state index in [0.29, 0.717) is 36.2 Å². The summed E-state index contributed by atoms with van der Waals surface area (Å²) < 4.78 is 5.57. The highest BCUT2D eigenvalue weighted by molar-refractivity contribution is 7.14. The molecule has 0 unspecified atom stereocenters. The van der Waals surface area contributed by atoms with Crippen molar-refractivity contribution in [2.24, 2.45) is 0 Å². The lowest BCUT2D eigenvalue weighted by Gasteiger charge is -2.36. The lowest BCUT2D eigenvalue weighted by Crippen LogP contribution is -2.48. The molecule has 1 aromatic heterocycles. The lowest BCUT2D eigenvalue weighted by molar-refractivity contribution is -0.117. The molecule has 20 heavy (non-hydrogen) atoms.